The molecule has 2 fully saturated rings. The van der Waals surface area contributed by atoms with Gasteiger partial charge in [0, 0.05) is 19.1 Å². The maximum absolute atomic E-state index is 3.33. The third kappa shape index (κ3) is 4.84. The summed E-state index contributed by atoms with van der Waals surface area (Å²) < 4.78 is 0. The lowest BCUT2D eigenvalue weighted by Gasteiger charge is -2.22. The third-order valence-electron chi connectivity index (χ3n) is 4.03. The van der Waals surface area contributed by atoms with E-state index in [9.17, 15) is 0 Å². The van der Waals surface area contributed by atoms with Crippen molar-refractivity contribution in [2.75, 3.05) is 26.7 Å². The molecule has 0 bridgehead atoms. The van der Waals surface area contributed by atoms with Crippen LogP contribution in [0.25, 0.3) is 0 Å². The first kappa shape index (κ1) is 12.4. The lowest BCUT2D eigenvalue weighted by Crippen LogP contribution is -2.30. The lowest BCUT2D eigenvalue weighted by atomic mass is 10.1. The molecule has 0 amide bonds. The van der Waals surface area contributed by atoms with Crippen LogP contribution in [0.15, 0.2) is 0 Å². The Morgan fingerprint density at radius 3 is 2.12 bits per heavy atom. The Morgan fingerprint density at radius 1 is 1.12 bits per heavy atom. The molecule has 2 rings (SSSR count). The molecular formula is C14H28N2. The highest BCUT2D eigenvalue weighted by Gasteiger charge is 2.28. The molecule has 1 N–H and O–H groups in total. The number of hydrogen-bond donors (Lipinski definition) is 1. The van der Waals surface area contributed by atoms with Crippen molar-refractivity contribution in [1.29, 1.82) is 0 Å². The number of rotatable bonds is 9. The maximum atomic E-state index is 3.33. The predicted molar refractivity (Wildman–Crippen MR) is 69.6 cm³/mol. The summed E-state index contributed by atoms with van der Waals surface area (Å²) in [4.78, 5) is 2.75. The first-order valence-electron chi connectivity index (χ1n) is 7.17. The van der Waals surface area contributed by atoms with Gasteiger partial charge in [0.1, 0.15) is 0 Å². The Kier molecular flexibility index (Phi) is 4.66. The topological polar surface area (TPSA) is 15.3 Å². The molecule has 0 radical (unpaired) electrons. The fourth-order valence-electron chi connectivity index (χ4n) is 2.35. The predicted octanol–water partition coefficient (Wildman–Crippen LogP) is 2.50. The minimum Gasteiger partial charge on any atom is -0.317 e. The van der Waals surface area contributed by atoms with Crippen molar-refractivity contribution in [2.45, 2.75) is 51.5 Å². The van der Waals surface area contributed by atoms with Crippen molar-refractivity contribution >= 4 is 0 Å². The van der Waals surface area contributed by atoms with E-state index in [4.69, 9.17) is 0 Å². The number of nitrogens with one attached hydrogen (secondary N) is 1. The average Bonchev–Trinajstić information content (AvgIpc) is 3.12. The largest absolute Gasteiger partial charge is 0.317 e. The summed E-state index contributed by atoms with van der Waals surface area (Å²) >= 11 is 0. The van der Waals surface area contributed by atoms with E-state index in [0.717, 1.165) is 11.8 Å². The normalized spacial score (nSPS) is 22.7. The summed E-state index contributed by atoms with van der Waals surface area (Å²) in [5, 5.41) is 3.33. The van der Waals surface area contributed by atoms with Crippen LogP contribution in [0.1, 0.15) is 45.4 Å². The smallest absolute Gasteiger partial charge is 0.00362 e. The van der Waals surface area contributed by atoms with Crippen LogP contribution in [0.2, 0.25) is 0 Å². The van der Waals surface area contributed by atoms with E-state index in [2.05, 4.69) is 24.2 Å². The lowest BCUT2D eigenvalue weighted by molar-refractivity contribution is 0.244. The molecule has 0 saturated heterocycles. The summed E-state index contributed by atoms with van der Waals surface area (Å²) in [7, 11) is 2.07. The van der Waals surface area contributed by atoms with Gasteiger partial charge in [0.2, 0.25) is 0 Å². The van der Waals surface area contributed by atoms with Crippen LogP contribution in [-0.4, -0.2) is 37.6 Å². The van der Waals surface area contributed by atoms with E-state index >= 15 is 0 Å². The van der Waals surface area contributed by atoms with Gasteiger partial charge in [-0.3, -0.25) is 0 Å². The molecule has 94 valence electrons. The van der Waals surface area contributed by atoms with Crippen molar-refractivity contribution in [1.82, 2.24) is 10.2 Å². The first-order valence-corrected chi connectivity index (χ1v) is 7.17. The quantitative estimate of drug-likeness (QED) is 0.647. The van der Waals surface area contributed by atoms with Crippen molar-refractivity contribution < 1.29 is 0 Å². The Morgan fingerprint density at radius 2 is 1.69 bits per heavy atom. The minimum absolute atomic E-state index is 0.684. The zero-order valence-corrected chi connectivity index (χ0v) is 11.0. The van der Waals surface area contributed by atoms with Crippen LogP contribution in [-0.2, 0) is 0 Å². The second-order valence-electron chi connectivity index (χ2n) is 5.98. The van der Waals surface area contributed by atoms with Gasteiger partial charge < -0.3 is 10.2 Å². The zero-order chi connectivity index (χ0) is 11.4. The summed E-state index contributed by atoms with van der Waals surface area (Å²) in [5.74, 6) is 2.11. The van der Waals surface area contributed by atoms with Crippen LogP contribution >= 0.6 is 0 Å². The maximum Gasteiger partial charge on any atom is 0.00362 e. The van der Waals surface area contributed by atoms with E-state index in [0.29, 0.717) is 6.04 Å². The Bertz CT molecular complexity index is 183. The van der Waals surface area contributed by atoms with Crippen LogP contribution in [0, 0.1) is 11.8 Å². The molecule has 0 spiro atoms. The second-order valence-corrected chi connectivity index (χ2v) is 5.98. The summed E-state index contributed by atoms with van der Waals surface area (Å²) in [6.45, 7) is 6.40. The van der Waals surface area contributed by atoms with Gasteiger partial charge in [0.05, 0.1) is 0 Å². The molecule has 2 heteroatoms. The van der Waals surface area contributed by atoms with Crippen LogP contribution in [0.5, 0.6) is 0 Å². The molecule has 1 unspecified atom stereocenters. The van der Waals surface area contributed by atoms with E-state index in [1.807, 2.05) is 0 Å². The molecule has 1 atom stereocenters. The standard InChI is InChI=1S/C14H28N2/c1-12(15-2)4-3-9-16(10-13-5-6-13)11-14-7-8-14/h12-15H,3-11H2,1-2H3. The van der Waals surface area contributed by atoms with Gasteiger partial charge in [-0.15, -0.1) is 0 Å². The molecule has 0 aromatic rings. The zero-order valence-electron chi connectivity index (χ0n) is 11.0. The van der Waals surface area contributed by atoms with Crippen molar-refractivity contribution in [3.63, 3.8) is 0 Å². The Labute approximate surface area is 101 Å². The van der Waals surface area contributed by atoms with Gasteiger partial charge in [-0.05, 0) is 70.9 Å². The summed E-state index contributed by atoms with van der Waals surface area (Å²) in [5.41, 5.74) is 0. The second kappa shape index (κ2) is 6.02. The summed E-state index contributed by atoms with van der Waals surface area (Å²) in [6.07, 6.45) is 8.66. The van der Waals surface area contributed by atoms with E-state index in [-0.39, 0.29) is 0 Å². The van der Waals surface area contributed by atoms with Gasteiger partial charge in [-0.2, -0.15) is 0 Å². The molecule has 16 heavy (non-hydrogen) atoms. The van der Waals surface area contributed by atoms with E-state index < -0.39 is 0 Å². The molecule has 0 aromatic carbocycles. The van der Waals surface area contributed by atoms with Crippen molar-refractivity contribution in [2.24, 2.45) is 11.8 Å². The van der Waals surface area contributed by atoms with Crippen LogP contribution in [0.4, 0.5) is 0 Å². The molecule has 0 aliphatic heterocycles. The average molecular weight is 224 g/mol. The van der Waals surface area contributed by atoms with E-state index in [1.165, 1.54) is 58.2 Å². The highest BCUT2D eigenvalue weighted by Crippen LogP contribution is 2.33. The fourth-order valence-corrected chi connectivity index (χ4v) is 2.35. The molecule has 0 aromatic heterocycles. The van der Waals surface area contributed by atoms with Gasteiger partial charge in [-0.25, -0.2) is 0 Å². The van der Waals surface area contributed by atoms with Gasteiger partial charge in [0.15, 0.2) is 0 Å². The monoisotopic (exact) mass is 224 g/mol. The van der Waals surface area contributed by atoms with Crippen LogP contribution in [0.3, 0.4) is 0 Å². The minimum atomic E-state index is 0.684. The molecule has 0 heterocycles. The van der Waals surface area contributed by atoms with Crippen molar-refractivity contribution in [3.8, 4) is 0 Å². The Hall–Kier alpha value is -0.0800. The van der Waals surface area contributed by atoms with Gasteiger partial charge >= 0.3 is 0 Å². The van der Waals surface area contributed by atoms with E-state index in [1.54, 1.807) is 0 Å². The highest BCUT2D eigenvalue weighted by atomic mass is 15.1. The molecule has 2 aliphatic rings. The fraction of sp³-hybridized carbons (Fsp3) is 1.00. The molecule has 2 nitrogen and oxygen atoms in total. The van der Waals surface area contributed by atoms with Crippen LogP contribution < -0.4 is 5.32 Å². The number of nitrogens with zero attached hydrogens (tertiary/aromatic N) is 1. The SMILES string of the molecule is CNC(C)CCCN(CC1CC1)CC1CC1. The summed E-state index contributed by atoms with van der Waals surface area (Å²) in [6, 6.07) is 0.684. The third-order valence-corrected chi connectivity index (χ3v) is 4.03. The molecule has 2 saturated carbocycles. The molecular weight excluding hydrogens is 196 g/mol. The van der Waals surface area contributed by atoms with Gasteiger partial charge in [-0.1, -0.05) is 0 Å². The van der Waals surface area contributed by atoms with Crippen molar-refractivity contribution in [3.05, 3.63) is 0 Å². The van der Waals surface area contributed by atoms with Gasteiger partial charge in [0.25, 0.3) is 0 Å². The highest BCUT2D eigenvalue weighted by molar-refractivity contribution is 4.82. The number of hydrogen-bond acceptors (Lipinski definition) is 2. The first-order chi connectivity index (χ1) is 7.78. The Balaban J connectivity index is 1.60. The molecule has 2 aliphatic carbocycles.